The van der Waals surface area contributed by atoms with Crippen molar-refractivity contribution in [2.45, 2.75) is 6.92 Å². The molecule has 0 aliphatic rings. The van der Waals surface area contributed by atoms with Crippen molar-refractivity contribution in [3.05, 3.63) is 59.4 Å². The molecule has 5 heteroatoms. The van der Waals surface area contributed by atoms with Gasteiger partial charge in [0.1, 0.15) is 23.2 Å². The van der Waals surface area contributed by atoms with E-state index in [1.165, 1.54) is 18.2 Å². The van der Waals surface area contributed by atoms with Crippen molar-refractivity contribution >= 4 is 11.6 Å². The van der Waals surface area contributed by atoms with Crippen LogP contribution in [0.2, 0.25) is 0 Å². The van der Waals surface area contributed by atoms with Crippen LogP contribution >= 0.6 is 0 Å². The Bertz CT molecular complexity index is 708. The second-order valence-corrected chi connectivity index (χ2v) is 4.16. The zero-order valence-electron chi connectivity index (χ0n) is 11.4. The van der Waals surface area contributed by atoms with E-state index in [0.717, 1.165) is 0 Å². The fourth-order valence-corrected chi connectivity index (χ4v) is 1.87. The fourth-order valence-electron chi connectivity index (χ4n) is 1.87. The number of hydrogen-bond acceptors (Lipinski definition) is 3. The number of ether oxygens (including phenoxy) is 1. The lowest BCUT2D eigenvalue weighted by Crippen LogP contribution is -2.14. The summed E-state index contributed by atoms with van der Waals surface area (Å²) in [6.07, 6.45) is 0. The molecular weight excluding hydrogens is 271 g/mol. The summed E-state index contributed by atoms with van der Waals surface area (Å²) in [5, 5.41) is 11.5. The Morgan fingerprint density at radius 2 is 2.05 bits per heavy atom. The van der Waals surface area contributed by atoms with Gasteiger partial charge in [-0.25, -0.2) is 4.39 Å². The van der Waals surface area contributed by atoms with Crippen LogP contribution in [0.1, 0.15) is 22.8 Å². The molecule has 0 heterocycles. The zero-order chi connectivity index (χ0) is 15.2. The molecule has 0 unspecified atom stereocenters. The first kappa shape index (κ1) is 14.5. The standard InChI is InChI=1S/C16H13FN2O2/c1-2-21-15-9-4-3-6-11(15)16(20)19-14-8-5-7-13(17)12(14)10-18/h3-9H,2H2,1H3,(H,19,20). The molecule has 0 saturated carbocycles. The number of para-hydroxylation sites is 1. The number of amides is 1. The Labute approximate surface area is 121 Å². The Morgan fingerprint density at radius 1 is 1.29 bits per heavy atom. The summed E-state index contributed by atoms with van der Waals surface area (Å²) in [6.45, 7) is 2.24. The maximum Gasteiger partial charge on any atom is 0.259 e. The summed E-state index contributed by atoms with van der Waals surface area (Å²) < 4.78 is 18.9. The Hall–Kier alpha value is -2.87. The van der Waals surface area contributed by atoms with Crippen LogP contribution in [0.3, 0.4) is 0 Å². The second kappa shape index (κ2) is 6.53. The molecule has 1 N–H and O–H groups in total. The van der Waals surface area contributed by atoms with E-state index < -0.39 is 11.7 Å². The molecule has 0 spiro atoms. The second-order valence-electron chi connectivity index (χ2n) is 4.16. The van der Waals surface area contributed by atoms with Gasteiger partial charge in [0, 0.05) is 0 Å². The van der Waals surface area contributed by atoms with Crippen LogP contribution in [0.25, 0.3) is 0 Å². The number of nitrogens with one attached hydrogen (secondary N) is 1. The van der Waals surface area contributed by atoms with E-state index in [2.05, 4.69) is 5.32 Å². The van der Waals surface area contributed by atoms with Crippen molar-refractivity contribution in [1.82, 2.24) is 0 Å². The first-order chi connectivity index (χ1) is 10.2. The molecule has 2 aromatic rings. The average molecular weight is 284 g/mol. The van der Waals surface area contributed by atoms with Gasteiger partial charge in [0.2, 0.25) is 0 Å². The van der Waals surface area contributed by atoms with Crippen molar-refractivity contribution in [3.8, 4) is 11.8 Å². The number of rotatable bonds is 4. The lowest BCUT2D eigenvalue weighted by Gasteiger charge is -2.11. The molecule has 106 valence electrons. The third-order valence-electron chi connectivity index (χ3n) is 2.81. The summed E-state index contributed by atoms with van der Waals surface area (Å²) in [5.74, 6) is -0.693. The number of benzene rings is 2. The number of nitrogens with zero attached hydrogens (tertiary/aromatic N) is 1. The molecule has 0 atom stereocenters. The van der Waals surface area contributed by atoms with E-state index in [1.807, 2.05) is 6.92 Å². The molecular formula is C16H13FN2O2. The first-order valence-corrected chi connectivity index (χ1v) is 6.39. The van der Waals surface area contributed by atoms with Crippen LogP contribution in [-0.2, 0) is 0 Å². The molecule has 0 bridgehead atoms. The van der Waals surface area contributed by atoms with Crippen LogP contribution in [0, 0.1) is 17.1 Å². The fraction of sp³-hybridized carbons (Fsp3) is 0.125. The van der Waals surface area contributed by atoms with Crippen molar-refractivity contribution in [3.63, 3.8) is 0 Å². The van der Waals surface area contributed by atoms with Crippen molar-refractivity contribution < 1.29 is 13.9 Å². The summed E-state index contributed by atoms with van der Waals surface area (Å²) in [6, 6.07) is 12.6. The molecule has 2 rings (SSSR count). The number of halogens is 1. The Balaban J connectivity index is 2.31. The minimum absolute atomic E-state index is 0.133. The lowest BCUT2D eigenvalue weighted by atomic mass is 10.1. The highest BCUT2D eigenvalue weighted by atomic mass is 19.1. The number of nitriles is 1. The minimum atomic E-state index is -0.673. The average Bonchev–Trinajstić information content (AvgIpc) is 2.48. The van der Waals surface area contributed by atoms with Gasteiger partial charge in [-0.05, 0) is 31.2 Å². The van der Waals surface area contributed by atoms with Crippen molar-refractivity contribution in [2.75, 3.05) is 11.9 Å². The molecule has 0 saturated heterocycles. The molecule has 0 radical (unpaired) electrons. The highest BCUT2D eigenvalue weighted by molar-refractivity contribution is 6.06. The largest absolute Gasteiger partial charge is 0.493 e. The molecule has 0 fully saturated rings. The van der Waals surface area contributed by atoms with Gasteiger partial charge in [-0.1, -0.05) is 18.2 Å². The monoisotopic (exact) mass is 284 g/mol. The SMILES string of the molecule is CCOc1ccccc1C(=O)Nc1cccc(F)c1C#N. The third kappa shape index (κ3) is 3.18. The van der Waals surface area contributed by atoms with Crippen LogP contribution in [-0.4, -0.2) is 12.5 Å². The van der Waals surface area contributed by atoms with E-state index in [9.17, 15) is 9.18 Å². The predicted molar refractivity (Wildman–Crippen MR) is 76.7 cm³/mol. The Morgan fingerprint density at radius 3 is 2.76 bits per heavy atom. The van der Waals surface area contributed by atoms with E-state index in [4.69, 9.17) is 10.00 Å². The number of hydrogen-bond donors (Lipinski definition) is 1. The van der Waals surface area contributed by atoms with Crippen molar-refractivity contribution in [1.29, 1.82) is 5.26 Å². The molecule has 2 aromatic carbocycles. The number of carbonyl (C=O) groups excluding carboxylic acids is 1. The topological polar surface area (TPSA) is 62.1 Å². The van der Waals surface area contributed by atoms with Crippen LogP contribution < -0.4 is 10.1 Å². The minimum Gasteiger partial charge on any atom is -0.493 e. The van der Waals surface area contributed by atoms with Crippen molar-refractivity contribution in [2.24, 2.45) is 0 Å². The van der Waals surface area contributed by atoms with E-state index >= 15 is 0 Å². The lowest BCUT2D eigenvalue weighted by molar-refractivity contribution is 0.102. The highest BCUT2D eigenvalue weighted by Crippen LogP contribution is 2.22. The number of carbonyl (C=O) groups is 1. The van der Waals surface area contributed by atoms with Crippen LogP contribution in [0.4, 0.5) is 10.1 Å². The highest BCUT2D eigenvalue weighted by Gasteiger charge is 2.15. The zero-order valence-corrected chi connectivity index (χ0v) is 11.4. The number of anilines is 1. The normalized spacial score (nSPS) is 9.76. The maximum atomic E-state index is 13.5. The molecule has 0 aromatic heterocycles. The van der Waals surface area contributed by atoms with Crippen LogP contribution in [0.15, 0.2) is 42.5 Å². The first-order valence-electron chi connectivity index (χ1n) is 6.39. The van der Waals surface area contributed by atoms with Gasteiger partial charge in [0.05, 0.1) is 17.9 Å². The van der Waals surface area contributed by atoms with E-state index in [-0.39, 0.29) is 11.3 Å². The Kier molecular flexibility index (Phi) is 4.52. The molecule has 4 nitrogen and oxygen atoms in total. The maximum absolute atomic E-state index is 13.5. The van der Waals surface area contributed by atoms with E-state index in [1.54, 1.807) is 30.3 Å². The summed E-state index contributed by atoms with van der Waals surface area (Å²) in [5.41, 5.74) is 0.265. The van der Waals surface area contributed by atoms with Gasteiger partial charge in [-0.15, -0.1) is 0 Å². The third-order valence-corrected chi connectivity index (χ3v) is 2.81. The van der Waals surface area contributed by atoms with E-state index in [0.29, 0.717) is 17.9 Å². The molecule has 0 aliphatic carbocycles. The molecule has 21 heavy (non-hydrogen) atoms. The van der Waals surface area contributed by atoms with Gasteiger partial charge in [-0.3, -0.25) is 4.79 Å². The van der Waals surface area contributed by atoms with Gasteiger partial charge >= 0.3 is 0 Å². The summed E-state index contributed by atoms with van der Waals surface area (Å²) >= 11 is 0. The van der Waals surface area contributed by atoms with Crippen LogP contribution in [0.5, 0.6) is 5.75 Å². The smallest absolute Gasteiger partial charge is 0.259 e. The van der Waals surface area contributed by atoms with Gasteiger partial charge in [-0.2, -0.15) is 5.26 Å². The van der Waals surface area contributed by atoms with Gasteiger partial charge in [0.25, 0.3) is 5.91 Å². The predicted octanol–water partition coefficient (Wildman–Crippen LogP) is 3.35. The summed E-state index contributed by atoms with van der Waals surface area (Å²) in [4.78, 5) is 12.3. The van der Waals surface area contributed by atoms with Gasteiger partial charge in [0.15, 0.2) is 0 Å². The quantitative estimate of drug-likeness (QED) is 0.936. The molecule has 1 amide bonds. The van der Waals surface area contributed by atoms with Gasteiger partial charge < -0.3 is 10.1 Å². The molecule has 0 aliphatic heterocycles. The summed E-state index contributed by atoms with van der Waals surface area (Å²) in [7, 11) is 0.